The van der Waals surface area contributed by atoms with Crippen LogP contribution < -0.4 is 10.5 Å². The second-order valence-corrected chi connectivity index (χ2v) is 7.24. The van der Waals surface area contributed by atoms with E-state index in [1.54, 1.807) is 25.1 Å². The summed E-state index contributed by atoms with van der Waals surface area (Å²) in [5, 5.41) is 9.30. The highest BCUT2D eigenvalue weighted by atomic mass is 19.1. The molecule has 1 aromatic carbocycles. The van der Waals surface area contributed by atoms with Gasteiger partial charge in [0.25, 0.3) is 0 Å². The number of aromatic nitrogens is 2. The number of aliphatic hydroxyl groups excluding tert-OH is 1. The summed E-state index contributed by atoms with van der Waals surface area (Å²) < 4.78 is 19.8. The number of carbonyl (C=O) groups is 1. The number of benzene rings is 1. The minimum atomic E-state index is -1.14. The molecule has 2 heterocycles. The predicted octanol–water partition coefficient (Wildman–Crippen LogP) is 2.00. The van der Waals surface area contributed by atoms with E-state index in [1.807, 2.05) is 6.92 Å². The van der Waals surface area contributed by atoms with E-state index in [2.05, 4.69) is 21.8 Å². The molecule has 3 rings (SSSR count). The number of ether oxygens (including phenoxy) is 1. The van der Waals surface area contributed by atoms with Crippen LogP contribution in [0.15, 0.2) is 24.3 Å². The molecule has 0 spiro atoms. The normalized spacial score (nSPS) is 18.7. The molecule has 158 valence electrons. The molecule has 1 fully saturated rings. The molecule has 8 heteroatoms. The van der Waals surface area contributed by atoms with Crippen molar-refractivity contribution in [2.75, 3.05) is 19.9 Å². The van der Waals surface area contributed by atoms with Gasteiger partial charge >= 0.3 is 0 Å². The summed E-state index contributed by atoms with van der Waals surface area (Å²) in [5.74, 6) is 5.76. The topological polar surface area (TPSA) is 102 Å². The van der Waals surface area contributed by atoms with Crippen LogP contribution in [0.2, 0.25) is 0 Å². The zero-order valence-electron chi connectivity index (χ0n) is 17.1. The Kier molecular flexibility index (Phi) is 6.65. The lowest BCUT2D eigenvalue weighted by molar-refractivity contribution is -0.144. The minimum Gasteiger partial charge on any atom is -0.494 e. The van der Waals surface area contributed by atoms with Crippen molar-refractivity contribution in [3.63, 3.8) is 0 Å². The molecule has 0 aliphatic carbocycles. The number of carbonyl (C=O) groups excluding carboxylic acids is 1. The van der Waals surface area contributed by atoms with E-state index >= 15 is 0 Å². The minimum absolute atomic E-state index is 0.114. The van der Waals surface area contributed by atoms with Gasteiger partial charge in [0.05, 0.1) is 12.3 Å². The fourth-order valence-electron chi connectivity index (χ4n) is 3.41. The van der Waals surface area contributed by atoms with Crippen molar-refractivity contribution < 1.29 is 19.0 Å². The van der Waals surface area contributed by atoms with Gasteiger partial charge < -0.3 is 20.5 Å². The summed E-state index contributed by atoms with van der Waals surface area (Å²) in [6.07, 6.45) is 1.31. The summed E-state index contributed by atoms with van der Waals surface area (Å²) in [4.78, 5) is 22.4. The third kappa shape index (κ3) is 4.75. The smallest absolute Gasteiger partial charge is 0.245 e. The molecule has 0 unspecified atom stereocenters. The number of nitrogens with zero attached hydrogens (tertiary/aromatic N) is 3. The summed E-state index contributed by atoms with van der Waals surface area (Å²) in [5.41, 5.74) is 6.43. The SMILES string of the molecule is CCOc1ccc(F)c(-c2cc(C)nc(C#CC[C@@]3(N)CCCN(CO)C3=O)n2)c1. The van der Waals surface area contributed by atoms with Gasteiger partial charge in [-0.15, -0.1) is 0 Å². The van der Waals surface area contributed by atoms with Crippen LogP contribution in [0.4, 0.5) is 4.39 Å². The van der Waals surface area contributed by atoms with Crippen LogP contribution in [0.3, 0.4) is 0 Å². The highest BCUT2D eigenvalue weighted by Gasteiger charge is 2.39. The van der Waals surface area contributed by atoms with Crippen LogP contribution in [-0.2, 0) is 4.79 Å². The highest BCUT2D eigenvalue weighted by molar-refractivity contribution is 5.87. The lowest BCUT2D eigenvalue weighted by Gasteiger charge is -2.37. The molecule has 30 heavy (non-hydrogen) atoms. The Labute approximate surface area is 175 Å². The van der Waals surface area contributed by atoms with Gasteiger partial charge in [0.1, 0.15) is 23.8 Å². The van der Waals surface area contributed by atoms with Gasteiger partial charge in [-0.1, -0.05) is 5.92 Å². The summed E-state index contributed by atoms with van der Waals surface area (Å²) in [6.45, 7) is 4.22. The molecule has 7 nitrogen and oxygen atoms in total. The van der Waals surface area contributed by atoms with Crippen molar-refractivity contribution in [1.82, 2.24) is 14.9 Å². The van der Waals surface area contributed by atoms with Crippen LogP contribution in [0.25, 0.3) is 11.3 Å². The third-order valence-electron chi connectivity index (χ3n) is 4.92. The summed E-state index contributed by atoms with van der Waals surface area (Å²) in [6, 6.07) is 6.17. The Morgan fingerprint density at radius 1 is 1.37 bits per heavy atom. The number of likely N-dealkylation sites (tertiary alicyclic amines) is 1. The zero-order valence-corrected chi connectivity index (χ0v) is 17.1. The molecule has 1 atom stereocenters. The van der Waals surface area contributed by atoms with E-state index in [0.717, 1.165) is 0 Å². The molecular formula is C22H25FN4O3. The van der Waals surface area contributed by atoms with Gasteiger partial charge in [0.2, 0.25) is 11.7 Å². The fraction of sp³-hybridized carbons (Fsp3) is 0.409. The highest BCUT2D eigenvalue weighted by Crippen LogP contribution is 2.26. The van der Waals surface area contributed by atoms with E-state index < -0.39 is 11.4 Å². The number of aliphatic hydroxyl groups is 1. The number of hydrogen-bond donors (Lipinski definition) is 2. The Bertz CT molecular complexity index is 1000. The molecule has 0 radical (unpaired) electrons. The van der Waals surface area contributed by atoms with Crippen LogP contribution in [0, 0.1) is 24.6 Å². The number of piperidine rings is 1. The molecule has 1 aromatic heterocycles. The first-order chi connectivity index (χ1) is 14.4. The maximum Gasteiger partial charge on any atom is 0.245 e. The monoisotopic (exact) mass is 412 g/mol. The Morgan fingerprint density at radius 2 is 2.17 bits per heavy atom. The Hall–Kier alpha value is -3.02. The molecule has 1 saturated heterocycles. The van der Waals surface area contributed by atoms with Crippen LogP contribution in [-0.4, -0.2) is 51.3 Å². The molecule has 1 aliphatic heterocycles. The van der Waals surface area contributed by atoms with Crippen molar-refractivity contribution >= 4 is 5.91 Å². The number of aryl methyl sites for hydroxylation is 1. The molecule has 1 aliphatic rings. The van der Waals surface area contributed by atoms with Crippen molar-refractivity contribution in [3.05, 3.63) is 41.6 Å². The molecular weight excluding hydrogens is 387 g/mol. The fourth-order valence-corrected chi connectivity index (χ4v) is 3.41. The van der Waals surface area contributed by atoms with Crippen LogP contribution in [0.1, 0.15) is 37.7 Å². The summed E-state index contributed by atoms with van der Waals surface area (Å²) >= 11 is 0. The molecule has 0 saturated carbocycles. The van der Waals surface area contributed by atoms with Gasteiger partial charge in [-0.3, -0.25) is 4.79 Å². The van der Waals surface area contributed by atoms with Crippen molar-refractivity contribution in [2.45, 2.75) is 38.6 Å². The van der Waals surface area contributed by atoms with E-state index in [9.17, 15) is 14.3 Å². The average molecular weight is 412 g/mol. The largest absolute Gasteiger partial charge is 0.494 e. The van der Waals surface area contributed by atoms with Gasteiger partial charge in [-0.2, -0.15) is 0 Å². The maximum atomic E-state index is 14.4. The zero-order chi connectivity index (χ0) is 21.7. The first-order valence-corrected chi connectivity index (χ1v) is 9.82. The lowest BCUT2D eigenvalue weighted by Crippen LogP contribution is -2.58. The lowest BCUT2D eigenvalue weighted by atomic mass is 9.86. The quantitative estimate of drug-likeness (QED) is 0.729. The number of amides is 1. The van der Waals surface area contributed by atoms with Gasteiger partial charge in [0, 0.05) is 24.2 Å². The van der Waals surface area contributed by atoms with Crippen molar-refractivity contribution in [2.24, 2.45) is 5.73 Å². The van der Waals surface area contributed by atoms with Gasteiger partial charge in [-0.25, -0.2) is 14.4 Å². The Morgan fingerprint density at radius 3 is 2.90 bits per heavy atom. The number of nitrogens with two attached hydrogens (primary N) is 1. The van der Waals surface area contributed by atoms with E-state index in [0.29, 0.717) is 48.7 Å². The molecule has 3 N–H and O–H groups in total. The number of halogens is 1. The molecule has 0 bridgehead atoms. The van der Waals surface area contributed by atoms with E-state index in [4.69, 9.17) is 10.5 Å². The third-order valence-corrected chi connectivity index (χ3v) is 4.92. The van der Waals surface area contributed by atoms with E-state index in [-0.39, 0.29) is 24.9 Å². The maximum absolute atomic E-state index is 14.4. The average Bonchev–Trinajstić information content (AvgIpc) is 2.71. The number of rotatable bonds is 5. The van der Waals surface area contributed by atoms with Crippen LogP contribution >= 0.6 is 0 Å². The standard InChI is InChI=1S/C22H25FN4O3/c1-3-30-16-7-8-18(23)17(13-16)19-12-15(2)25-20(26-19)6-4-9-22(24)10-5-11-27(14-28)21(22)29/h7-8,12-13,28H,3,5,9-11,14,24H2,1-2H3/t22-/m1/s1. The van der Waals surface area contributed by atoms with Crippen LogP contribution in [0.5, 0.6) is 5.75 Å². The number of hydrogen-bond acceptors (Lipinski definition) is 6. The van der Waals surface area contributed by atoms with Crippen molar-refractivity contribution in [1.29, 1.82) is 0 Å². The van der Waals surface area contributed by atoms with E-state index in [1.165, 1.54) is 11.0 Å². The van der Waals surface area contributed by atoms with Gasteiger partial charge in [0.15, 0.2) is 0 Å². The molecule has 2 aromatic rings. The van der Waals surface area contributed by atoms with Crippen molar-refractivity contribution in [3.8, 4) is 28.8 Å². The molecule has 1 amide bonds. The first-order valence-electron chi connectivity index (χ1n) is 9.82. The summed E-state index contributed by atoms with van der Waals surface area (Å²) in [7, 11) is 0. The van der Waals surface area contributed by atoms with Gasteiger partial charge in [-0.05, 0) is 56.9 Å². The predicted molar refractivity (Wildman–Crippen MR) is 110 cm³/mol. The second kappa shape index (κ2) is 9.20. The first kappa shape index (κ1) is 21.7. The second-order valence-electron chi connectivity index (χ2n) is 7.24. The Balaban J connectivity index is 1.86.